The molecule has 0 saturated carbocycles. The summed E-state index contributed by atoms with van der Waals surface area (Å²) >= 11 is 0. The van der Waals surface area contributed by atoms with E-state index in [1.807, 2.05) is 19.9 Å². The molecule has 0 radical (unpaired) electrons. The monoisotopic (exact) mass is 380 g/mol. The van der Waals surface area contributed by atoms with Gasteiger partial charge in [0.1, 0.15) is 18.1 Å². The minimum Gasteiger partial charge on any atom is -0.488 e. The zero-order valence-corrected chi connectivity index (χ0v) is 15.9. The normalized spacial score (nSPS) is 11.7. The summed E-state index contributed by atoms with van der Waals surface area (Å²) in [6.45, 7) is 4.50. The van der Waals surface area contributed by atoms with Crippen LogP contribution in [0.15, 0.2) is 33.8 Å². The highest BCUT2D eigenvalue weighted by Crippen LogP contribution is 2.16. The van der Waals surface area contributed by atoms with Crippen molar-refractivity contribution >= 4 is 5.96 Å². The van der Waals surface area contributed by atoms with Crippen LogP contribution in [0.4, 0.5) is 8.78 Å². The summed E-state index contributed by atoms with van der Waals surface area (Å²) in [5.74, 6) is 1.92. The van der Waals surface area contributed by atoms with Crippen molar-refractivity contribution in [3.63, 3.8) is 0 Å². The lowest BCUT2D eigenvalue weighted by Gasteiger charge is -2.13. The van der Waals surface area contributed by atoms with E-state index >= 15 is 0 Å². The maximum atomic E-state index is 12.3. The Hall–Kier alpha value is -2.64. The quantitative estimate of drug-likeness (QED) is 0.516. The molecule has 1 heterocycles. The summed E-state index contributed by atoms with van der Waals surface area (Å²) in [5.41, 5.74) is 2.90. The van der Waals surface area contributed by atoms with Crippen LogP contribution in [0.2, 0.25) is 0 Å². The van der Waals surface area contributed by atoms with Gasteiger partial charge in [0.25, 0.3) is 6.43 Å². The van der Waals surface area contributed by atoms with Crippen LogP contribution >= 0.6 is 0 Å². The summed E-state index contributed by atoms with van der Waals surface area (Å²) in [5, 5.41) is 10.6. The fourth-order valence-corrected chi connectivity index (χ4v) is 2.62. The van der Waals surface area contributed by atoms with Gasteiger partial charge in [-0.3, -0.25) is 4.99 Å². The van der Waals surface area contributed by atoms with Crippen molar-refractivity contribution in [3.05, 3.63) is 46.8 Å². The van der Waals surface area contributed by atoms with Gasteiger partial charge in [-0.1, -0.05) is 31.1 Å². The molecule has 0 saturated heterocycles. The van der Waals surface area contributed by atoms with Crippen LogP contribution < -0.4 is 15.4 Å². The number of aromatic nitrogens is 1. The molecule has 6 nitrogen and oxygen atoms in total. The third-order valence-electron chi connectivity index (χ3n) is 4.00. The Morgan fingerprint density at radius 2 is 2.00 bits per heavy atom. The molecule has 0 amide bonds. The Morgan fingerprint density at radius 1 is 1.22 bits per heavy atom. The molecule has 0 aliphatic rings. The van der Waals surface area contributed by atoms with E-state index < -0.39 is 13.0 Å². The number of rotatable bonds is 9. The van der Waals surface area contributed by atoms with E-state index in [1.165, 1.54) is 0 Å². The van der Waals surface area contributed by atoms with Gasteiger partial charge in [0.05, 0.1) is 5.69 Å². The fourth-order valence-electron chi connectivity index (χ4n) is 2.62. The van der Waals surface area contributed by atoms with Gasteiger partial charge in [0.15, 0.2) is 5.96 Å². The molecule has 8 heteroatoms. The lowest BCUT2D eigenvalue weighted by atomic mass is 10.1. The fraction of sp³-hybridized carbons (Fsp3) is 0.474. The highest BCUT2D eigenvalue weighted by molar-refractivity contribution is 5.79. The molecular formula is C19H26F2N4O2. The van der Waals surface area contributed by atoms with E-state index in [1.54, 1.807) is 25.2 Å². The average molecular weight is 380 g/mol. The number of alkyl halides is 2. The number of aryl methyl sites for hydroxylation is 2. The molecule has 0 unspecified atom stereocenters. The number of guanidine groups is 1. The lowest BCUT2D eigenvalue weighted by molar-refractivity contribution is 0.0818. The molecule has 0 atom stereocenters. The second kappa shape index (κ2) is 10.5. The van der Waals surface area contributed by atoms with Crippen LogP contribution in [-0.4, -0.2) is 31.2 Å². The number of nitrogens with one attached hydrogen (secondary N) is 2. The van der Waals surface area contributed by atoms with Gasteiger partial charge < -0.3 is 19.9 Å². The van der Waals surface area contributed by atoms with E-state index in [4.69, 9.17) is 9.26 Å². The second-order valence-electron chi connectivity index (χ2n) is 5.87. The zero-order valence-electron chi connectivity index (χ0n) is 15.9. The Balaban J connectivity index is 1.91. The highest BCUT2D eigenvalue weighted by atomic mass is 19.3. The first-order valence-corrected chi connectivity index (χ1v) is 8.98. The standard InChI is InChI=1S/C19H26F2N4O2/c1-4-16-15(17(5-2)27-25-16)11-24-19(22-3)23-10-13-7-6-8-14(9-13)26-12-18(20)21/h6-9,18H,4-5,10-12H2,1-3H3,(H2,22,23,24). The first-order valence-electron chi connectivity index (χ1n) is 8.98. The Labute approximate surface area is 158 Å². The molecule has 2 rings (SSSR count). The van der Waals surface area contributed by atoms with Crippen LogP contribution in [0.25, 0.3) is 0 Å². The van der Waals surface area contributed by atoms with Gasteiger partial charge in [-0.05, 0) is 24.1 Å². The number of nitrogens with zero attached hydrogens (tertiary/aromatic N) is 2. The van der Waals surface area contributed by atoms with Crippen molar-refractivity contribution in [1.82, 2.24) is 15.8 Å². The van der Waals surface area contributed by atoms with E-state index in [0.29, 0.717) is 24.8 Å². The van der Waals surface area contributed by atoms with E-state index in [-0.39, 0.29) is 0 Å². The van der Waals surface area contributed by atoms with E-state index in [2.05, 4.69) is 20.8 Å². The number of aliphatic imine (C=N–C) groups is 1. The minimum absolute atomic E-state index is 0.419. The lowest BCUT2D eigenvalue weighted by Crippen LogP contribution is -2.36. The number of hydrogen-bond donors (Lipinski definition) is 2. The molecule has 27 heavy (non-hydrogen) atoms. The molecule has 2 aromatic rings. The molecule has 0 aliphatic carbocycles. The largest absolute Gasteiger partial charge is 0.488 e. The van der Waals surface area contributed by atoms with Gasteiger partial charge in [-0.15, -0.1) is 0 Å². The van der Waals surface area contributed by atoms with Crippen molar-refractivity contribution < 1.29 is 18.0 Å². The molecule has 2 N–H and O–H groups in total. The number of hydrogen-bond acceptors (Lipinski definition) is 4. The van der Waals surface area contributed by atoms with E-state index in [0.717, 1.165) is 35.4 Å². The maximum absolute atomic E-state index is 12.3. The Kier molecular flexibility index (Phi) is 8.03. The average Bonchev–Trinajstić information content (AvgIpc) is 3.09. The van der Waals surface area contributed by atoms with Crippen molar-refractivity contribution in [2.24, 2.45) is 4.99 Å². The topological polar surface area (TPSA) is 71.7 Å². The molecule has 0 bridgehead atoms. The molecule has 0 fully saturated rings. The van der Waals surface area contributed by atoms with Crippen LogP contribution in [0.1, 0.15) is 36.4 Å². The molecule has 1 aromatic carbocycles. The van der Waals surface area contributed by atoms with Crippen LogP contribution in [0, 0.1) is 0 Å². The van der Waals surface area contributed by atoms with Crippen molar-refractivity contribution in [3.8, 4) is 5.75 Å². The van der Waals surface area contributed by atoms with Crippen molar-refractivity contribution in [2.45, 2.75) is 46.2 Å². The summed E-state index contributed by atoms with van der Waals surface area (Å²) < 4.78 is 34.9. The van der Waals surface area contributed by atoms with Crippen molar-refractivity contribution in [2.75, 3.05) is 13.7 Å². The van der Waals surface area contributed by atoms with Crippen LogP contribution in [0.3, 0.4) is 0 Å². The second-order valence-corrected chi connectivity index (χ2v) is 5.87. The predicted octanol–water partition coefficient (Wildman–Crippen LogP) is 3.31. The predicted molar refractivity (Wildman–Crippen MR) is 100 cm³/mol. The molecule has 148 valence electrons. The Morgan fingerprint density at radius 3 is 2.67 bits per heavy atom. The number of ether oxygens (including phenoxy) is 1. The third kappa shape index (κ3) is 6.23. The van der Waals surface area contributed by atoms with E-state index in [9.17, 15) is 8.78 Å². The summed E-state index contributed by atoms with van der Waals surface area (Å²) in [6.07, 6.45) is -0.910. The summed E-state index contributed by atoms with van der Waals surface area (Å²) in [6, 6.07) is 7.04. The third-order valence-corrected chi connectivity index (χ3v) is 4.00. The van der Waals surface area contributed by atoms with Gasteiger partial charge in [0.2, 0.25) is 0 Å². The maximum Gasteiger partial charge on any atom is 0.272 e. The molecule has 0 spiro atoms. The zero-order chi connectivity index (χ0) is 19.6. The minimum atomic E-state index is -2.49. The SMILES string of the molecule is CCc1noc(CC)c1CNC(=NC)NCc1cccc(OCC(F)F)c1. The van der Waals surface area contributed by atoms with Crippen LogP contribution in [0.5, 0.6) is 5.75 Å². The smallest absolute Gasteiger partial charge is 0.272 e. The molecule has 1 aromatic heterocycles. The molecular weight excluding hydrogens is 354 g/mol. The first-order chi connectivity index (χ1) is 13.1. The number of halogens is 2. The van der Waals surface area contributed by atoms with Gasteiger partial charge in [-0.2, -0.15) is 0 Å². The van der Waals surface area contributed by atoms with Crippen LogP contribution in [-0.2, 0) is 25.9 Å². The van der Waals surface area contributed by atoms with Gasteiger partial charge in [0, 0.05) is 32.1 Å². The van der Waals surface area contributed by atoms with Gasteiger partial charge in [-0.25, -0.2) is 8.78 Å². The van der Waals surface area contributed by atoms with Crippen molar-refractivity contribution in [1.29, 1.82) is 0 Å². The number of benzene rings is 1. The summed E-state index contributed by atoms with van der Waals surface area (Å²) in [7, 11) is 1.69. The van der Waals surface area contributed by atoms with Gasteiger partial charge >= 0.3 is 0 Å². The first kappa shape index (κ1) is 20.7. The Bertz CT molecular complexity index is 726. The highest BCUT2D eigenvalue weighted by Gasteiger charge is 2.13. The summed E-state index contributed by atoms with van der Waals surface area (Å²) in [4.78, 5) is 4.21. The molecule has 0 aliphatic heterocycles.